The highest BCUT2D eigenvalue weighted by Crippen LogP contribution is 2.28. The summed E-state index contributed by atoms with van der Waals surface area (Å²) in [7, 11) is 0. The number of nitrogens with zero attached hydrogens (tertiary/aromatic N) is 1. The molecule has 0 fully saturated rings. The molecule has 124 valence electrons. The average molecular weight is 335 g/mol. The van der Waals surface area contributed by atoms with Crippen molar-refractivity contribution >= 4 is 22.6 Å². The molecule has 0 aliphatic carbocycles. The van der Waals surface area contributed by atoms with Gasteiger partial charge < -0.3 is 14.7 Å². The van der Waals surface area contributed by atoms with Crippen molar-refractivity contribution in [1.82, 2.24) is 9.97 Å². The van der Waals surface area contributed by atoms with Crippen LogP contribution in [-0.4, -0.2) is 15.9 Å². The smallest absolute Gasteiger partial charge is 0.257 e. The maximum Gasteiger partial charge on any atom is 0.257 e. The van der Waals surface area contributed by atoms with Crippen LogP contribution in [0.5, 0.6) is 0 Å². The monoisotopic (exact) mass is 335 g/mol. The van der Waals surface area contributed by atoms with Gasteiger partial charge in [-0.05, 0) is 18.2 Å². The first kappa shape index (κ1) is 15.1. The van der Waals surface area contributed by atoms with Gasteiger partial charge in [0.1, 0.15) is 12.3 Å². The molecule has 3 aromatic heterocycles. The summed E-state index contributed by atoms with van der Waals surface area (Å²) < 4.78 is 18.2. The number of nitrogens with one attached hydrogen (secondary N) is 2. The summed E-state index contributed by atoms with van der Waals surface area (Å²) in [6.07, 6.45) is 6.53. The van der Waals surface area contributed by atoms with Crippen LogP contribution in [0.1, 0.15) is 15.9 Å². The first-order valence-electron chi connectivity index (χ1n) is 7.71. The lowest BCUT2D eigenvalue weighted by atomic mass is 10.1. The summed E-state index contributed by atoms with van der Waals surface area (Å²) >= 11 is 0. The molecule has 5 nitrogen and oxygen atoms in total. The molecule has 0 aliphatic rings. The summed E-state index contributed by atoms with van der Waals surface area (Å²) in [6, 6.07) is 10.4. The molecule has 0 bridgehead atoms. The average Bonchev–Trinajstić information content (AvgIpc) is 3.30. The fourth-order valence-corrected chi connectivity index (χ4v) is 2.74. The molecule has 0 radical (unpaired) electrons. The molecule has 25 heavy (non-hydrogen) atoms. The highest BCUT2D eigenvalue weighted by atomic mass is 19.1. The van der Waals surface area contributed by atoms with Crippen LogP contribution in [0.25, 0.3) is 22.2 Å². The van der Waals surface area contributed by atoms with E-state index in [1.54, 1.807) is 42.9 Å². The van der Waals surface area contributed by atoms with Gasteiger partial charge >= 0.3 is 0 Å². The van der Waals surface area contributed by atoms with Crippen LogP contribution in [-0.2, 0) is 6.67 Å². The molecule has 1 amide bonds. The zero-order valence-electron chi connectivity index (χ0n) is 13.1. The van der Waals surface area contributed by atoms with E-state index in [0.717, 1.165) is 16.5 Å². The van der Waals surface area contributed by atoms with Gasteiger partial charge in [-0.1, -0.05) is 18.2 Å². The third-order valence-electron chi connectivity index (χ3n) is 4.03. The second kappa shape index (κ2) is 6.24. The zero-order chi connectivity index (χ0) is 17.2. The third kappa shape index (κ3) is 2.78. The van der Waals surface area contributed by atoms with Crippen molar-refractivity contribution in [1.29, 1.82) is 0 Å². The number of aromatic amines is 1. The summed E-state index contributed by atoms with van der Waals surface area (Å²) in [5, 5.41) is 3.55. The Bertz CT molecular complexity index is 1040. The van der Waals surface area contributed by atoms with E-state index in [4.69, 9.17) is 4.42 Å². The lowest BCUT2D eigenvalue weighted by Gasteiger charge is -2.08. The molecule has 4 aromatic rings. The highest BCUT2D eigenvalue weighted by Gasteiger charge is 2.13. The number of rotatable bonds is 4. The predicted octanol–water partition coefficient (Wildman–Crippen LogP) is 4.54. The fourth-order valence-electron chi connectivity index (χ4n) is 2.74. The van der Waals surface area contributed by atoms with E-state index < -0.39 is 6.67 Å². The number of amides is 1. The summed E-state index contributed by atoms with van der Waals surface area (Å²) in [4.78, 5) is 19.9. The molecule has 0 atom stereocenters. The largest absolute Gasteiger partial charge is 0.472 e. The number of anilines is 1. The standard InChI is InChI=1S/C19H14FN3O2/c20-8-12-3-1-2-4-17(12)23-19(24)14-7-15-16(13-5-6-25-11-13)10-22-18(15)21-9-14/h1-7,9-11H,8H2,(H,21,22)(H,23,24). The Morgan fingerprint density at radius 2 is 2.16 bits per heavy atom. The van der Waals surface area contributed by atoms with Crippen molar-refractivity contribution in [3.8, 4) is 11.1 Å². The van der Waals surface area contributed by atoms with Crippen LogP contribution >= 0.6 is 0 Å². The number of furan rings is 1. The number of hydrogen-bond donors (Lipinski definition) is 2. The molecule has 6 heteroatoms. The molecule has 0 spiro atoms. The number of aromatic nitrogens is 2. The summed E-state index contributed by atoms with van der Waals surface area (Å²) in [6.45, 7) is -0.643. The van der Waals surface area contributed by atoms with E-state index in [9.17, 15) is 9.18 Å². The number of fused-ring (bicyclic) bond motifs is 1. The number of alkyl halides is 1. The van der Waals surface area contributed by atoms with E-state index in [1.165, 1.54) is 6.20 Å². The lowest BCUT2D eigenvalue weighted by molar-refractivity contribution is 0.102. The quantitative estimate of drug-likeness (QED) is 0.575. The molecule has 0 aliphatic heterocycles. The van der Waals surface area contributed by atoms with Gasteiger partial charge in [0.05, 0.1) is 18.1 Å². The van der Waals surface area contributed by atoms with Crippen LogP contribution in [0.4, 0.5) is 10.1 Å². The van der Waals surface area contributed by atoms with Crippen molar-refractivity contribution in [3.05, 3.63) is 72.4 Å². The van der Waals surface area contributed by atoms with Crippen molar-refractivity contribution < 1.29 is 13.6 Å². The van der Waals surface area contributed by atoms with E-state index in [1.807, 2.05) is 12.3 Å². The number of para-hydroxylation sites is 1. The maximum atomic E-state index is 13.0. The molecule has 2 N–H and O–H groups in total. The Balaban J connectivity index is 1.69. The minimum Gasteiger partial charge on any atom is -0.472 e. The van der Waals surface area contributed by atoms with Gasteiger partial charge in [-0.15, -0.1) is 0 Å². The van der Waals surface area contributed by atoms with Crippen LogP contribution in [0.2, 0.25) is 0 Å². The Labute approximate surface area is 142 Å². The Kier molecular flexibility index (Phi) is 3.78. The Morgan fingerprint density at radius 3 is 2.96 bits per heavy atom. The lowest BCUT2D eigenvalue weighted by Crippen LogP contribution is -2.13. The minimum atomic E-state index is -0.643. The number of hydrogen-bond acceptors (Lipinski definition) is 3. The van der Waals surface area contributed by atoms with E-state index >= 15 is 0 Å². The maximum absolute atomic E-state index is 13.0. The number of halogens is 1. The SMILES string of the molecule is O=C(Nc1ccccc1CF)c1cnc2[nH]cc(-c3ccoc3)c2c1. The number of benzene rings is 1. The van der Waals surface area contributed by atoms with Crippen molar-refractivity contribution in [2.24, 2.45) is 0 Å². The van der Waals surface area contributed by atoms with Crippen LogP contribution < -0.4 is 5.32 Å². The third-order valence-corrected chi connectivity index (χ3v) is 4.03. The van der Waals surface area contributed by atoms with Gasteiger partial charge in [0.15, 0.2) is 0 Å². The van der Waals surface area contributed by atoms with Crippen molar-refractivity contribution in [2.75, 3.05) is 5.32 Å². The van der Waals surface area contributed by atoms with E-state index in [2.05, 4.69) is 15.3 Å². The minimum absolute atomic E-state index is 0.338. The molecule has 0 saturated heterocycles. The zero-order valence-corrected chi connectivity index (χ0v) is 13.1. The summed E-state index contributed by atoms with van der Waals surface area (Å²) in [5.74, 6) is -0.338. The summed E-state index contributed by atoms with van der Waals surface area (Å²) in [5.41, 5.74) is 3.76. The van der Waals surface area contributed by atoms with Crippen molar-refractivity contribution in [3.63, 3.8) is 0 Å². The Hall–Kier alpha value is -3.41. The van der Waals surface area contributed by atoms with Gasteiger partial charge in [-0.25, -0.2) is 9.37 Å². The molecule has 1 aromatic carbocycles. The Morgan fingerprint density at radius 1 is 1.28 bits per heavy atom. The number of carbonyl (C=O) groups is 1. The van der Waals surface area contributed by atoms with Gasteiger partial charge in [-0.2, -0.15) is 0 Å². The highest BCUT2D eigenvalue weighted by molar-refractivity contribution is 6.07. The van der Waals surface area contributed by atoms with Gasteiger partial charge in [-0.3, -0.25) is 4.79 Å². The van der Waals surface area contributed by atoms with Gasteiger partial charge in [0.2, 0.25) is 0 Å². The molecule has 4 rings (SSSR count). The fraction of sp³-hybridized carbons (Fsp3) is 0.0526. The van der Waals surface area contributed by atoms with Crippen LogP contribution in [0.15, 0.2) is 65.7 Å². The molecule has 0 saturated carbocycles. The van der Waals surface area contributed by atoms with Crippen molar-refractivity contribution in [2.45, 2.75) is 6.67 Å². The second-order valence-electron chi connectivity index (χ2n) is 5.58. The first-order valence-corrected chi connectivity index (χ1v) is 7.71. The van der Waals surface area contributed by atoms with Crippen LogP contribution in [0.3, 0.4) is 0 Å². The van der Waals surface area contributed by atoms with E-state index in [-0.39, 0.29) is 5.91 Å². The predicted molar refractivity (Wildman–Crippen MR) is 93.0 cm³/mol. The van der Waals surface area contributed by atoms with Gasteiger partial charge in [0.25, 0.3) is 5.91 Å². The first-order chi connectivity index (χ1) is 12.3. The normalized spacial score (nSPS) is 10.9. The molecular weight excluding hydrogens is 321 g/mol. The number of H-pyrrole nitrogens is 1. The second-order valence-corrected chi connectivity index (χ2v) is 5.58. The number of pyridine rings is 1. The molecule has 0 unspecified atom stereocenters. The van der Waals surface area contributed by atoms with E-state index in [0.29, 0.717) is 22.5 Å². The van der Waals surface area contributed by atoms with Crippen LogP contribution in [0, 0.1) is 0 Å². The van der Waals surface area contributed by atoms with Gasteiger partial charge in [0, 0.05) is 40.2 Å². The topological polar surface area (TPSA) is 70.9 Å². The molecular formula is C19H14FN3O2. The number of carbonyl (C=O) groups excluding carboxylic acids is 1. The molecule has 3 heterocycles.